The Hall–Kier alpha value is -1.44. The van der Waals surface area contributed by atoms with Gasteiger partial charge in [-0.05, 0) is 6.42 Å². The first-order chi connectivity index (χ1) is 7.78. The first-order valence-electron chi connectivity index (χ1n) is 4.72. The summed E-state index contributed by atoms with van der Waals surface area (Å²) in [6.07, 6.45) is 0.302. The Morgan fingerprint density at radius 2 is 1.88 bits per heavy atom. The monoisotopic (exact) mass is 268 g/mol. The van der Waals surface area contributed by atoms with E-state index in [4.69, 9.17) is 5.73 Å². The third-order valence-corrected chi connectivity index (χ3v) is 3.41. The van der Waals surface area contributed by atoms with Crippen molar-refractivity contribution in [1.29, 1.82) is 0 Å². The third-order valence-electron chi connectivity index (χ3n) is 1.93. The minimum Gasteiger partial charge on any atom is -0.394 e. The van der Waals surface area contributed by atoms with E-state index in [-0.39, 0.29) is 5.75 Å². The minimum atomic E-state index is -3.79. The molecule has 96 valence electrons. The van der Waals surface area contributed by atoms with E-state index in [1.165, 1.54) is 0 Å². The van der Waals surface area contributed by atoms with E-state index >= 15 is 0 Å². The highest BCUT2D eigenvalue weighted by atomic mass is 32.2. The van der Waals surface area contributed by atoms with Gasteiger partial charge in [-0.2, -0.15) is 0 Å². The number of rotatable bonds is 4. The van der Waals surface area contributed by atoms with Crippen LogP contribution in [-0.4, -0.2) is 14.2 Å². The van der Waals surface area contributed by atoms with Gasteiger partial charge in [-0.3, -0.25) is 4.72 Å². The van der Waals surface area contributed by atoms with Crippen LogP contribution in [0.1, 0.15) is 13.3 Å². The standard InChI is InChI=1S/C9H11F3N2O2S/c1-2-3-17(15,16)14-6-4-5(10)7(11)9(13)8(6)12/h4,14H,2-3,13H2,1H3. The molecule has 0 aliphatic rings. The molecule has 0 fully saturated rings. The highest BCUT2D eigenvalue weighted by molar-refractivity contribution is 7.92. The van der Waals surface area contributed by atoms with Gasteiger partial charge in [-0.1, -0.05) is 6.92 Å². The summed E-state index contributed by atoms with van der Waals surface area (Å²) in [5, 5.41) is 0. The summed E-state index contributed by atoms with van der Waals surface area (Å²) in [6.45, 7) is 1.61. The second-order valence-corrected chi connectivity index (χ2v) is 5.21. The van der Waals surface area contributed by atoms with E-state index in [0.29, 0.717) is 12.5 Å². The fraction of sp³-hybridized carbons (Fsp3) is 0.333. The fourth-order valence-corrected chi connectivity index (χ4v) is 2.31. The Balaban J connectivity index is 3.17. The van der Waals surface area contributed by atoms with Gasteiger partial charge < -0.3 is 5.73 Å². The quantitative estimate of drug-likeness (QED) is 0.646. The van der Waals surface area contributed by atoms with E-state index in [2.05, 4.69) is 0 Å². The molecular formula is C9H11F3N2O2S. The summed E-state index contributed by atoms with van der Waals surface area (Å²) < 4.78 is 63.6. The lowest BCUT2D eigenvalue weighted by molar-refractivity contribution is 0.501. The largest absolute Gasteiger partial charge is 0.394 e. The van der Waals surface area contributed by atoms with Crippen LogP contribution >= 0.6 is 0 Å². The number of benzene rings is 1. The van der Waals surface area contributed by atoms with Gasteiger partial charge in [0.15, 0.2) is 17.5 Å². The Morgan fingerprint density at radius 3 is 2.41 bits per heavy atom. The van der Waals surface area contributed by atoms with Crippen molar-refractivity contribution in [1.82, 2.24) is 0 Å². The van der Waals surface area contributed by atoms with E-state index < -0.39 is 38.8 Å². The van der Waals surface area contributed by atoms with Gasteiger partial charge in [0, 0.05) is 6.07 Å². The molecule has 8 heteroatoms. The van der Waals surface area contributed by atoms with Gasteiger partial charge in [0.25, 0.3) is 0 Å². The molecule has 3 N–H and O–H groups in total. The predicted octanol–water partition coefficient (Wildman–Crippen LogP) is 1.84. The van der Waals surface area contributed by atoms with Crippen LogP contribution in [0, 0.1) is 17.5 Å². The number of nitrogens with two attached hydrogens (primary N) is 1. The molecule has 0 heterocycles. The second kappa shape index (κ2) is 4.82. The third kappa shape index (κ3) is 3.02. The van der Waals surface area contributed by atoms with Crippen molar-refractivity contribution in [3.05, 3.63) is 23.5 Å². The number of hydrogen-bond donors (Lipinski definition) is 2. The maximum atomic E-state index is 13.4. The molecule has 0 saturated carbocycles. The molecule has 0 aliphatic carbocycles. The molecule has 17 heavy (non-hydrogen) atoms. The normalized spacial score (nSPS) is 11.5. The number of anilines is 2. The molecule has 0 saturated heterocycles. The van der Waals surface area contributed by atoms with E-state index in [0.717, 1.165) is 0 Å². The molecule has 0 spiro atoms. The van der Waals surface area contributed by atoms with Crippen LogP contribution in [0.15, 0.2) is 6.07 Å². The van der Waals surface area contributed by atoms with Crippen LogP contribution in [0.2, 0.25) is 0 Å². The van der Waals surface area contributed by atoms with Crippen molar-refractivity contribution in [3.8, 4) is 0 Å². The van der Waals surface area contributed by atoms with E-state index in [9.17, 15) is 21.6 Å². The molecular weight excluding hydrogens is 257 g/mol. The van der Waals surface area contributed by atoms with Crippen molar-refractivity contribution >= 4 is 21.4 Å². The second-order valence-electron chi connectivity index (χ2n) is 3.37. The zero-order valence-corrected chi connectivity index (χ0v) is 9.74. The molecule has 0 atom stereocenters. The summed E-state index contributed by atoms with van der Waals surface area (Å²) in [4.78, 5) is 0. The van der Waals surface area contributed by atoms with Gasteiger partial charge in [-0.25, -0.2) is 21.6 Å². The van der Waals surface area contributed by atoms with Crippen LogP contribution in [-0.2, 0) is 10.0 Å². The molecule has 0 unspecified atom stereocenters. The van der Waals surface area contributed by atoms with Crippen molar-refractivity contribution in [2.24, 2.45) is 0 Å². The Morgan fingerprint density at radius 1 is 1.29 bits per heavy atom. The number of nitrogens with one attached hydrogen (secondary N) is 1. The van der Waals surface area contributed by atoms with Crippen LogP contribution in [0.5, 0.6) is 0 Å². The molecule has 0 radical (unpaired) electrons. The lowest BCUT2D eigenvalue weighted by Crippen LogP contribution is -2.18. The van der Waals surface area contributed by atoms with Crippen molar-refractivity contribution < 1.29 is 21.6 Å². The summed E-state index contributed by atoms with van der Waals surface area (Å²) in [7, 11) is -3.79. The molecule has 0 amide bonds. The summed E-state index contributed by atoms with van der Waals surface area (Å²) in [6, 6.07) is 0.411. The Labute approximate surface area is 96.7 Å². The number of nitrogen functional groups attached to an aromatic ring is 1. The van der Waals surface area contributed by atoms with Gasteiger partial charge in [0.1, 0.15) is 5.69 Å². The van der Waals surface area contributed by atoms with Crippen LogP contribution in [0.3, 0.4) is 0 Å². The highest BCUT2D eigenvalue weighted by Gasteiger charge is 2.19. The summed E-state index contributed by atoms with van der Waals surface area (Å²) in [5.41, 5.74) is 3.20. The van der Waals surface area contributed by atoms with Crippen LogP contribution in [0.25, 0.3) is 0 Å². The molecule has 0 aromatic heterocycles. The molecule has 1 rings (SSSR count). The Kier molecular flexibility index (Phi) is 3.87. The van der Waals surface area contributed by atoms with Gasteiger partial charge in [-0.15, -0.1) is 0 Å². The summed E-state index contributed by atoms with van der Waals surface area (Å²) >= 11 is 0. The zero-order chi connectivity index (χ0) is 13.2. The first kappa shape index (κ1) is 13.6. The molecule has 1 aromatic rings. The Bertz CT molecular complexity index is 532. The smallest absolute Gasteiger partial charge is 0.232 e. The molecule has 0 aliphatic heterocycles. The maximum Gasteiger partial charge on any atom is 0.232 e. The number of hydrogen-bond acceptors (Lipinski definition) is 3. The fourth-order valence-electron chi connectivity index (χ4n) is 1.19. The van der Waals surface area contributed by atoms with Gasteiger partial charge >= 0.3 is 0 Å². The van der Waals surface area contributed by atoms with E-state index in [1.54, 1.807) is 11.6 Å². The van der Waals surface area contributed by atoms with Gasteiger partial charge in [0.05, 0.1) is 11.4 Å². The van der Waals surface area contributed by atoms with Crippen molar-refractivity contribution in [2.45, 2.75) is 13.3 Å². The lowest BCUT2D eigenvalue weighted by Gasteiger charge is -2.10. The van der Waals surface area contributed by atoms with E-state index in [1.807, 2.05) is 0 Å². The molecule has 0 bridgehead atoms. The lowest BCUT2D eigenvalue weighted by atomic mass is 10.2. The van der Waals surface area contributed by atoms with Crippen LogP contribution in [0.4, 0.5) is 24.5 Å². The average Bonchev–Trinajstić information content (AvgIpc) is 2.22. The number of halogens is 3. The minimum absolute atomic E-state index is 0.259. The molecule has 1 aromatic carbocycles. The summed E-state index contributed by atoms with van der Waals surface area (Å²) in [5.74, 6) is -4.55. The highest BCUT2D eigenvalue weighted by Crippen LogP contribution is 2.26. The SMILES string of the molecule is CCCS(=O)(=O)Nc1cc(F)c(F)c(N)c1F. The number of sulfonamides is 1. The zero-order valence-electron chi connectivity index (χ0n) is 8.93. The average molecular weight is 268 g/mol. The predicted molar refractivity (Wildman–Crippen MR) is 58.4 cm³/mol. The topological polar surface area (TPSA) is 72.2 Å². The van der Waals surface area contributed by atoms with Gasteiger partial charge in [0.2, 0.25) is 10.0 Å². The molecule has 4 nitrogen and oxygen atoms in total. The van der Waals surface area contributed by atoms with Crippen molar-refractivity contribution in [2.75, 3.05) is 16.2 Å². The van der Waals surface area contributed by atoms with Crippen LogP contribution < -0.4 is 10.5 Å². The van der Waals surface area contributed by atoms with Crippen molar-refractivity contribution in [3.63, 3.8) is 0 Å². The first-order valence-corrected chi connectivity index (χ1v) is 6.37. The maximum absolute atomic E-state index is 13.4.